The Labute approximate surface area is 320 Å². The number of aromatic nitrogens is 4. The second kappa shape index (κ2) is 11.0. The largest absolute Gasteiger partial charge is 0.308 e. The minimum Gasteiger partial charge on any atom is -0.308 e. The average Bonchev–Trinajstić information content (AvgIpc) is 3.90. The molecular formula is C52H30N4. The molecule has 4 nitrogen and oxygen atoms in total. The number of hydrogen-bond acceptors (Lipinski definition) is 2. The fourth-order valence-electron chi connectivity index (χ4n) is 9.52. The standard InChI is InChI=1S/C52H30N4/c1-2-12-31(13-3-1)32-22-24-34(25-23-32)48-40-27-26-33-14-6-7-17-37(33)49(40)54-52(53-48)56-45-21-11-9-19-39(45)42-30-41-38-18-8-10-20-44(38)55-46-29-36-16-5-4-15-35(36)28-43(46)47(50(41)55)51(42)56/h1-30H. The first kappa shape index (κ1) is 29.8. The zero-order valence-corrected chi connectivity index (χ0v) is 30.1. The second-order valence-electron chi connectivity index (χ2n) is 15.0. The molecule has 0 aliphatic heterocycles. The summed E-state index contributed by atoms with van der Waals surface area (Å²) in [7, 11) is 0. The van der Waals surface area contributed by atoms with Gasteiger partial charge >= 0.3 is 0 Å². The van der Waals surface area contributed by atoms with Gasteiger partial charge in [-0.1, -0.05) is 146 Å². The van der Waals surface area contributed by atoms with Crippen molar-refractivity contribution in [2.75, 3.05) is 0 Å². The highest BCUT2D eigenvalue weighted by atomic mass is 15.2. The van der Waals surface area contributed by atoms with Crippen LogP contribution in [0.3, 0.4) is 0 Å². The molecule has 0 radical (unpaired) electrons. The molecule has 0 unspecified atom stereocenters. The number of hydrogen-bond donors (Lipinski definition) is 0. The number of benzene rings is 9. The Morgan fingerprint density at radius 3 is 1.75 bits per heavy atom. The van der Waals surface area contributed by atoms with Crippen LogP contribution in [-0.4, -0.2) is 18.9 Å². The molecule has 0 atom stereocenters. The Bertz CT molecular complexity index is 3740. The lowest BCUT2D eigenvalue weighted by atomic mass is 9.99. The third-order valence-corrected chi connectivity index (χ3v) is 12.0. The SMILES string of the molecule is c1ccc(-c2ccc(-c3nc(-n4c5ccccc5c5cc6c7ccccc7n7c8cc9ccccc9cc8c(c54)c67)nc4c3ccc3ccccc34)cc2)cc1. The molecule has 4 heterocycles. The van der Waals surface area contributed by atoms with Crippen molar-refractivity contribution >= 4 is 92.3 Å². The van der Waals surface area contributed by atoms with Gasteiger partial charge in [0, 0.05) is 48.7 Å². The molecule has 0 bridgehead atoms. The van der Waals surface area contributed by atoms with Crippen molar-refractivity contribution in [3.05, 3.63) is 182 Å². The first-order valence-electron chi connectivity index (χ1n) is 19.2. The van der Waals surface area contributed by atoms with E-state index >= 15 is 0 Å². The number of rotatable bonds is 3. The minimum absolute atomic E-state index is 0.662. The van der Waals surface area contributed by atoms with Crippen molar-refractivity contribution in [1.29, 1.82) is 0 Å². The summed E-state index contributed by atoms with van der Waals surface area (Å²) in [6, 6.07) is 65.8. The summed E-state index contributed by atoms with van der Waals surface area (Å²) in [5.74, 6) is 0.662. The molecule has 0 spiro atoms. The van der Waals surface area contributed by atoms with Gasteiger partial charge in [0.2, 0.25) is 5.95 Å². The fraction of sp³-hybridized carbons (Fsp3) is 0. The smallest absolute Gasteiger partial charge is 0.235 e. The molecule has 0 fully saturated rings. The molecule has 56 heavy (non-hydrogen) atoms. The summed E-state index contributed by atoms with van der Waals surface area (Å²) in [6.07, 6.45) is 0. The van der Waals surface area contributed by atoms with Crippen molar-refractivity contribution in [1.82, 2.24) is 18.9 Å². The highest BCUT2D eigenvalue weighted by Gasteiger charge is 2.26. The van der Waals surface area contributed by atoms with E-state index in [0.717, 1.165) is 44.0 Å². The van der Waals surface area contributed by atoms with E-state index < -0.39 is 0 Å². The molecule has 9 aromatic carbocycles. The molecule has 0 aliphatic carbocycles. The van der Waals surface area contributed by atoms with Crippen LogP contribution < -0.4 is 0 Å². The van der Waals surface area contributed by atoms with Gasteiger partial charge in [-0.25, -0.2) is 9.97 Å². The van der Waals surface area contributed by atoms with Crippen molar-refractivity contribution in [2.45, 2.75) is 0 Å². The molecule has 0 saturated heterocycles. The minimum atomic E-state index is 0.662. The molecule has 258 valence electrons. The Kier molecular flexibility index (Phi) is 5.86. The van der Waals surface area contributed by atoms with E-state index in [-0.39, 0.29) is 0 Å². The number of para-hydroxylation sites is 2. The Morgan fingerprint density at radius 1 is 0.339 bits per heavy atom. The van der Waals surface area contributed by atoms with Crippen LogP contribution in [0.2, 0.25) is 0 Å². The van der Waals surface area contributed by atoms with Gasteiger partial charge in [0.25, 0.3) is 0 Å². The summed E-state index contributed by atoms with van der Waals surface area (Å²) < 4.78 is 4.83. The Hall–Kier alpha value is -7.56. The summed E-state index contributed by atoms with van der Waals surface area (Å²) in [5.41, 5.74) is 11.2. The predicted octanol–water partition coefficient (Wildman–Crippen LogP) is 13.5. The van der Waals surface area contributed by atoms with Crippen LogP contribution in [0.4, 0.5) is 0 Å². The van der Waals surface area contributed by atoms with E-state index in [2.05, 4.69) is 191 Å². The normalized spacial score (nSPS) is 12.3. The van der Waals surface area contributed by atoms with Crippen LogP contribution >= 0.6 is 0 Å². The van der Waals surface area contributed by atoms with Gasteiger partial charge in [-0.3, -0.25) is 4.57 Å². The summed E-state index contributed by atoms with van der Waals surface area (Å²) >= 11 is 0. The highest BCUT2D eigenvalue weighted by Crippen LogP contribution is 2.47. The Morgan fingerprint density at radius 2 is 0.946 bits per heavy atom. The summed E-state index contributed by atoms with van der Waals surface area (Å²) in [6.45, 7) is 0. The van der Waals surface area contributed by atoms with Crippen LogP contribution in [0.15, 0.2) is 182 Å². The predicted molar refractivity (Wildman–Crippen MR) is 234 cm³/mol. The van der Waals surface area contributed by atoms with E-state index in [4.69, 9.17) is 9.97 Å². The van der Waals surface area contributed by atoms with Gasteiger partial charge in [-0.2, -0.15) is 0 Å². The molecule has 0 aliphatic rings. The van der Waals surface area contributed by atoms with Gasteiger partial charge in [0.15, 0.2) is 0 Å². The molecule has 0 amide bonds. The molecule has 4 heteroatoms. The van der Waals surface area contributed by atoms with Crippen molar-refractivity contribution in [3.8, 4) is 28.3 Å². The van der Waals surface area contributed by atoms with E-state index in [0.29, 0.717) is 5.95 Å². The first-order chi connectivity index (χ1) is 27.8. The van der Waals surface area contributed by atoms with E-state index in [1.54, 1.807) is 0 Å². The fourth-order valence-corrected chi connectivity index (χ4v) is 9.52. The Balaban J connectivity index is 1.21. The average molecular weight is 711 g/mol. The monoisotopic (exact) mass is 710 g/mol. The maximum absolute atomic E-state index is 5.59. The van der Waals surface area contributed by atoms with Crippen LogP contribution in [-0.2, 0) is 0 Å². The lowest BCUT2D eigenvalue weighted by Crippen LogP contribution is -2.04. The molecule has 0 N–H and O–H groups in total. The third kappa shape index (κ3) is 3.97. The molecule has 4 aromatic heterocycles. The zero-order chi connectivity index (χ0) is 36.5. The molecular weight excluding hydrogens is 681 g/mol. The quantitative estimate of drug-likeness (QED) is 0.171. The maximum atomic E-state index is 5.59. The second-order valence-corrected chi connectivity index (χ2v) is 15.0. The zero-order valence-electron chi connectivity index (χ0n) is 30.1. The van der Waals surface area contributed by atoms with Crippen molar-refractivity contribution < 1.29 is 0 Å². The van der Waals surface area contributed by atoms with E-state index in [9.17, 15) is 0 Å². The van der Waals surface area contributed by atoms with Crippen LogP contribution in [0.5, 0.6) is 0 Å². The summed E-state index contributed by atoms with van der Waals surface area (Å²) in [5, 5.41) is 13.1. The van der Waals surface area contributed by atoms with Crippen LogP contribution in [0.1, 0.15) is 0 Å². The number of fused-ring (bicyclic) bond motifs is 14. The maximum Gasteiger partial charge on any atom is 0.235 e. The van der Waals surface area contributed by atoms with Gasteiger partial charge in [-0.05, 0) is 63.7 Å². The molecule has 13 aromatic rings. The topological polar surface area (TPSA) is 35.1 Å². The van der Waals surface area contributed by atoms with Crippen LogP contribution in [0, 0.1) is 0 Å². The van der Waals surface area contributed by atoms with E-state index in [1.165, 1.54) is 70.8 Å². The van der Waals surface area contributed by atoms with Gasteiger partial charge in [-0.15, -0.1) is 0 Å². The van der Waals surface area contributed by atoms with Gasteiger partial charge < -0.3 is 4.40 Å². The molecule has 13 rings (SSSR count). The highest BCUT2D eigenvalue weighted by molar-refractivity contribution is 6.35. The van der Waals surface area contributed by atoms with Gasteiger partial charge in [0.1, 0.15) is 0 Å². The van der Waals surface area contributed by atoms with Gasteiger partial charge in [0.05, 0.1) is 38.8 Å². The lowest BCUT2D eigenvalue weighted by Gasteiger charge is -2.14. The van der Waals surface area contributed by atoms with Crippen LogP contribution in [0.25, 0.3) is 121 Å². The lowest BCUT2D eigenvalue weighted by molar-refractivity contribution is 1.02. The third-order valence-electron chi connectivity index (χ3n) is 12.0. The molecule has 0 saturated carbocycles. The summed E-state index contributed by atoms with van der Waals surface area (Å²) in [4.78, 5) is 11.2. The number of nitrogens with zero attached hydrogens (tertiary/aromatic N) is 4. The first-order valence-corrected chi connectivity index (χ1v) is 19.2. The van der Waals surface area contributed by atoms with Crippen molar-refractivity contribution in [3.63, 3.8) is 0 Å². The van der Waals surface area contributed by atoms with E-state index in [1.807, 2.05) is 0 Å². The van der Waals surface area contributed by atoms with Crippen molar-refractivity contribution in [2.24, 2.45) is 0 Å².